The maximum Gasteiger partial charge on any atom is 0.253 e. The van der Waals surface area contributed by atoms with Gasteiger partial charge in [0.2, 0.25) is 11.8 Å². The van der Waals surface area contributed by atoms with E-state index < -0.39 is 0 Å². The number of Topliss-reactive ketones (excluding diaryl/α,β-unsaturated/α-hetero) is 2. The minimum Gasteiger partial charge on any atom is -0.299 e. The van der Waals surface area contributed by atoms with Crippen molar-refractivity contribution < 1.29 is 28.8 Å². The number of likely N-dealkylation sites (tertiary alicyclic amines) is 1. The van der Waals surface area contributed by atoms with Crippen LogP contribution >= 0.6 is 0 Å². The first kappa shape index (κ1) is 24.4. The van der Waals surface area contributed by atoms with Crippen molar-refractivity contribution in [3.8, 4) is 0 Å². The summed E-state index contributed by atoms with van der Waals surface area (Å²) in [5.41, 5.74) is 0. The second kappa shape index (κ2) is 10.8. The van der Waals surface area contributed by atoms with Crippen molar-refractivity contribution in [1.29, 1.82) is 0 Å². The zero-order valence-electron chi connectivity index (χ0n) is 17.8. The van der Waals surface area contributed by atoms with Gasteiger partial charge in [-0.05, 0) is 0 Å². The maximum atomic E-state index is 11.5. The molecule has 4 amide bonds. The zero-order valence-corrected chi connectivity index (χ0v) is 17.8. The van der Waals surface area contributed by atoms with Crippen molar-refractivity contribution in [1.82, 2.24) is 9.80 Å². The van der Waals surface area contributed by atoms with Gasteiger partial charge in [0.05, 0.1) is 0 Å². The Labute approximate surface area is 171 Å². The van der Waals surface area contributed by atoms with E-state index >= 15 is 0 Å². The normalized spacial score (nSPS) is 18.8. The third kappa shape index (κ3) is 7.03. The highest BCUT2D eigenvalue weighted by Gasteiger charge is 2.35. The molecule has 0 aliphatic carbocycles. The molecule has 0 radical (unpaired) electrons. The van der Waals surface area contributed by atoms with Crippen molar-refractivity contribution in [2.45, 2.75) is 53.9 Å². The lowest BCUT2D eigenvalue weighted by atomic mass is 10.1. The number of nitrogens with zero attached hydrogens (tertiary/aromatic N) is 2. The Morgan fingerprint density at radius 2 is 1.28 bits per heavy atom. The molecule has 0 bridgehead atoms. The lowest BCUT2D eigenvalue weighted by Crippen LogP contribution is -2.32. The van der Waals surface area contributed by atoms with Gasteiger partial charge in [0.1, 0.15) is 11.6 Å². The first-order valence-corrected chi connectivity index (χ1v) is 9.88. The van der Waals surface area contributed by atoms with E-state index in [1.54, 1.807) is 20.8 Å². The molecule has 0 spiro atoms. The number of amides is 4. The van der Waals surface area contributed by atoms with Crippen LogP contribution in [0.4, 0.5) is 0 Å². The van der Waals surface area contributed by atoms with Crippen LogP contribution < -0.4 is 0 Å². The van der Waals surface area contributed by atoms with Crippen molar-refractivity contribution in [3.63, 3.8) is 0 Å². The van der Waals surface area contributed by atoms with Crippen LogP contribution in [0.25, 0.3) is 0 Å². The fourth-order valence-electron chi connectivity index (χ4n) is 2.76. The van der Waals surface area contributed by atoms with E-state index in [0.29, 0.717) is 0 Å². The summed E-state index contributed by atoms with van der Waals surface area (Å²) >= 11 is 0. The van der Waals surface area contributed by atoms with Gasteiger partial charge in [-0.1, -0.05) is 34.6 Å². The molecule has 1 fully saturated rings. The number of carbonyl (C=O) groups is 6. The Hall–Kier alpha value is -2.64. The summed E-state index contributed by atoms with van der Waals surface area (Å²) in [5.74, 6) is -1.08. The molecule has 2 heterocycles. The van der Waals surface area contributed by atoms with Crippen LogP contribution in [-0.2, 0) is 28.8 Å². The Kier molecular flexibility index (Phi) is 9.07. The predicted molar refractivity (Wildman–Crippen MR) is 105 cm³/mol. The molecule has 0 N–H and O–H groups in total. The largest absolute Gasteiger partial charge is 0.299 e. The maximum absolute atomic E-state index is 11.5. The highest BCUT2D eigenvalue weighted by Crippen LogP contribution is 2.19. The number of carbonyl (C=O) groups excluding carboxylic acids is 6. The minimum atomic E-state index is -0.327. The fourth-order valence-corrected chi connectivity index (χ4v) is 2.76. The summed E-state index contributed by atoms with van der Waals surface area (Å²) in [6, 6.07) is 0. The van der Waals surface area contributed by atoms with Gasteiger partial charge in [-0.15, -0.1) is 0 Å². The van der Waals surface area contributed by atoms with E-state index in [4.69, 9.17) is 0 Å². The van der Waals surface area contributed by atoms with Crippen molar-refractivity contribution >= 4 is 35.2 Å². The van der Waals surface area contributed by atoms with Gasteiger partial charge in [-0.25, -0.2) is 0 Å². The smallest absolute Gasteiger partial charge is 0.253 e. The zero-order chi connectivity index (χ0) is 22.3. The highest BCUT2D eigenvalue weighted by molar-refractivity contribution is 6.13. The Bertz CT molecular complexity index is 705. The summed E-state index contributed by atoms with van der Waals surface area (Å²) in [6.07, 6.45) is 3.26. The monoisotopic (exact) mass is 406 g/mol. The van der Waals surface area contributed by atoms with Gasteiger partial charge in [0, 0.05) is 62.3 Å². The molecule has 8 heteroatoms. The second-order valence-corrected chi connectivity index (χ2v) is 7.89. The number of rotatable bonds is 8. The van der Waals surface area contributed by atoms with Gasteiger partial charge < -0.3 is 0 Å². The molecular formula is C21H30N2O6. The molecular weight excluding hydrogens is 376 g/mol. The third-order valence-corrected chi connectivity index (χ3v) is 4.82. The molecule has 2 rings (SSSR count). The molecule has 0 aromatic rings. The molecule has 29 heavy (non-hydrogen) atoms. The highest BCUT2D eigenvalue weighted by atomic mass is 16.2. The van der Waals surface area contributed by atoms with E-state index in [2.05, 4.69) is 0 Å². The van der Waals surface area contributed by atoms with Crippen molar-refractivity contribution in [2.75, 3.05) is 13.1 Å². The first-order chi connectivity index (χ1) is 13.5. The Balaban J connectivity index is 0.000000291. The third-order valence-electron chi connectivity index (χ3n) is 4.82. The predicted octanol–water partition coefficient (Wildman–Crippen LogP) is 1.52. The van der Waals surface area contributed by atoms with Crippen LogP contribution in [0.2, 0.25) is 0 Å². The second-order valence-electron chi connectivity index (χ2n) is 7.89. The Morgan fingerprint density at radius 3 is 1.62 bits per heavy atom. The average molecular weight is 406 g/mol. The van der Waals surface area contributed by atoms with E-state index in [0.717, 1.165) is 4.90 Å². The first-order valence-electron chi connectivity index (χ1n) is 9.88. The average Bonchev–Trinajstić information content (AvgIpc) is 3.09. The Morgan fingerprint density at radius 1 is 0.862 bits per heavy atom. The fraction of sp³-hybridized carbons (Fsp3) is 0.619. The molecule has 8 nitrogen and oxygen atoms in total. The van der Waals surface area contributed by atoms with E-state index in [-0.39, 0.29) is 85.3 Å². The van der Waals surface area contributed by atoms with Crippen molar-refractivity contribution in [3.05, 3.63) is 12.2 Å². The van der Waals surface area contributed by atoms with Gasteiger partial charge in [0.15, 0.2) is 0 Å². The van der Waals surface area contributed by atoms with Crippen LogP contribution in [-0.4, -0.2) is 58.1 Å². The van der Waals surface area contributed by atoms with Crippen LogP contribution in [0, 0.1) is 17.8 Å². The molecule has 0 saturated carbocycles. The summed E-state index contributed by atoms with van der Waals surface area (Å²) in [6.45, 7) is 9.42. The number of hydrogen-bond acceptors (Lipinski definition) is 6. The van der Waals surface area contributed by atoms with Crippen LogP contribution in [0.15, 0.2) is 12.2 Å². The van der Waals surface area contributed by atoms with Crippen LogP contribution in [0.3, 0.4) is 0 Å². The summed E-state index contributed by atoms with van der Waals surface area (Å²) in [7, 11) is 0. The molecule has 1 saturated heterocycles. The van der Waals surface area contributed by atoms with Crippen LogP contribution in [0.1, 0.15) is 53.9 Å². The van der Waals surface area contributed by atoms with Gasteiger partial charge in [-0.3, -0.25) is 38.6 Å². The molecule has 2 aliphatic rings. The molecule has 1 unspecified atom stereocenters. The lowest BCUT2D eigenvalue weighted by Gasteiger charge is -2.14. The summed E-state index contributed by atoms with van der Waals surface area (Å²) in [5, 5.41) is 0. The minimum absolute atomic E-state index is 0.0322. The number of hydrogen-bond donors (Lipinski definition) is 0. The van der Waals surface area contributed by atoms with E-state index in [9.17, 15) is 28.8 Å². The van der Waals surface area contributed by atoms with Gasteiger partial charge >= 0.3 is 0 Å². The standard InChI is InChI=1S/C11H17NO3.C10H13NO3/c1-7(2)9(13)4-5-12-10(14)6-8(3)11(12)15;1-7(2)8(12)5-6-11-9(13)3-4-10(11)14/h7-8H,4-6H2,1-3H3;3-4,7H,5-6H2,1-2H3. The molecule has 2 aliphatic heterocycles. The molecule has 160 valence electrons. The lowest BCUT2D eigenvalue weighted by molar-refractivity contribution is -0.140. The summed E-state index contributed by atoms with van der Waals surface area (Å²) in [4.78, 5) is 69.9. The van der Waals surface area contributed by atoms with Crippen molar-refractivity contribution in [2.24, 2.45) is 17.8 Å². The quantitative estimate of drug-likeness (QED) is 0.566. The van der Waals surface area contributed by atoms with E-state index in [1.165, 1.54) is 17.1 Å². The topological polar surface area (TPSA) is 109 Å². The molecule has 0 aromatic carbocycles. The summed E-state index contributed by atoms with van der Waals surface area (Å²) < 4.78 is 0. The van der Waals surface area contributed by atoms with Gasteiger partial charge in [0.25, 0.3) is 11.8 Å². The SMILES string of the molecule is CC(C)C(=O)CCN1C(=O)C=CC1=O.CC(C)C(=O)CCN1C(=O)CC(C)C1=O. The molecule has 0 aromatic heterocycles. The van der Waals surface area contributed by atoms with E-state index in [1.807, 2.05) is 13.8 Å². The molecule has 1 atom stereocenters. The number of imide groups is 2. The number of ketones is 2. The van der Waals surface area contributed by atoms with Gasteiger partial charge in [-0.2, -0.15) is 0 Å². The van der Waals surface area contributed by atoms with Crippen LogP contribution in [0.5, 0.6) is 0 Å².